The normalized spacial score (nSPS) is 12.4. The lowest BCUT2D eigenvalue weighted by atomic mass is 10.2. The summed E-state index contributed by atoms with van der Waals surface area (Å²) < 4.78 is 25.5. The monoisotopic (exact) mass is 329 g/mol. The summed E-state index contributed by atoms with van der Waals surface area (Å²) in [5, 5.41) is 12.0. The Balaban J connectivity index is 1.79. The Hall–Kier alpha value is -2.03. The van der Waals surface area contributed by atoms with Crippen molar-refractivity contribution in [1.29, 1.82) is 0 Å². The second-order valence-corrected chi connectivity index (χ2v) is 5.77. The van der Waals surface area contributed by atoms with Crippen LogP contribution in [0.4, 0.5) is 19.4 Å². The van der Waals surface area contributed by atoms with E-state index in [1.807, 2.05) is 19.2 Å². The molecule has 0 saturated heterocycles. The zero-order chi connectivity index (χ0) is 16.1. The summed E-state index contributed by atoms with van der Waals surface area (Å²) in [5.41, 5.74) is 0.959. The molecule has 2 aromatic heterocycles. The summed E-state index contributed by atoms with van der Waals surface area (Å²) >= 11 is 1.55. The molecule has 0 fully saturated rings. The van der Waals surface area contributed by atoms with Gasteiger partial charge in [0.1, 0.15) is 6.54 Å². The first-order chi connectivity index (χ1) is 10.4. The Labute approximate surface area is 130 Å². The third kappa shape index (κ3) is 4.76. The summed E-state index contributed by atoms with van der Waals surface area (Å²) in [5.74, 6) is 0.330. The topological polar surface area (TPSA) is 71.8 Å². The molecule has 2 amide bonds. The molecule has 0 aliphatic rings. The van der Waals surface area contributed by atoms with Crippen molar-refractivity contribution in [3.63, 3.8) is 0 Å². The van der Waals surface area contributed by atoms with Crippen molar-refractivity contribution in [3.05, 3.63) is 28.3 Å². The van der Waals surface area contributed by atoms with Crippen LogP contribution in [-0.4, -0.2) is 33.8 Å². The van der Waals surface area contributed by atoms with Crippen LogP contribution in [-0.2, 0) is 6.54 Å². The van der Waals surface area contributed by atoms with Crippen molar-refractivity contribution in [3.8, 4) is 0 Å². The number of amides is 2. The van der Waals surface area contributed by atoms with E-state index in [-0.39, 0.29) is 11.7 Å². The summed E-state index contributed by atoms with van der Waals surface area (Å²) in [6, 6.07) is 1.04. The second-order valence-electron chi connectivity index (χ2n) is 4.88. The molecule has 2 N–H and O–H groups in total. The predicted octanol–water partition coefficient (Wildman–Crippen LogP) is 2.84. The smallest absolute Gasteiger partial charge is 0.320 e. The zero-order valence-corrected chi connectivity index (χ0v) is 13.0. The fraction of sp³-hybridized carbons (Fsp3) is 0.462. The van der Waals surface area contributed by atoms with Gasteiger partial charge >= 0.3 is 6.03 Å². The highest BCUT2D eigenvalue weighted by molar-refractivity contribution is 7.09. The molecule has 0 bridgehead atoms. The van der Waals surface area contributed by atoms with Gasteiger partial charge < -0.3 is 5.32 Å². The lowest BCUT2D eigenvalue weighted by molar-refractivity contribution is 0.122. The molecule has 2 rings (SSSR count). The number of aromatic nitrogens is 3. The number of urea groups is 1. The van der Waals surface area contributed by atoms with Crippen LogP contribution in [0.1, 0.15) is 23.5 Å². The number of rotatable bonds is 6. The van der Waals surface area contributed by atoms with E-state index in [0.717, 1.165) is 15.4 Å². The highest BCUT2D eigenvalue weighted by atomic mass is 32.1. The standard InChI is InChI=1S/C13H17F2N5OS/c1-8(12-17-9(2)7-22-12)5-16-13(21)18-11-3-4-20(19-11)6-10(14)15/h3-4,7-8,10H,5-6H2,1-2H3,(H2,16,18,19,21). The number of aryl methyl sites for hydroxylation is 1. The van der Waals surface area contributed by atoms with Crippen molar-refractivity contribution in [2.75, 3.05) is 11.9 Å². The highest BCUT2D eigenvalue weighted by Crippen LogP contribution is 2.18. The molecule has 0 aliphatic heterocycles. The molecule has 0 spiro atoms. The van der Waals surface area contributed by atoms with Gasteiger partial charge in [-0.25, -0.2) is 18.6 Å². The Morgan fingerprint density at radius 3 is 2.91 bits per heavy atom. The van der Waals surface area contributed by atoms with Gasteiger partial charge in [-0.2, -0.15) is 5.10 Å². The molecule has 0 aliphatic carbocycles. The third-order valence-corrected chi connectivity index (χ3v) is 4.03. The number of hydrogen-bond donors (Lipinski definition) is 2. The SMILES string of the molecule is Cc1csc(C(C)CNC(=O)Nc2ccn(CC(F)F)n2)n1. The van der Waals surface area contributed by atoms with Crippen LogP contribution >= 0.6 is 11.3 Å². The van der Waals surface area contributed by atoms with Gasteiger partial charge in [-0.3, -0.25) is 10.00 Å². The van der Waals surface area contributed by atoms with Crippen LogP contribution < -0.4 is 10.6 Å². The maximum atomic E-state index is 12.2. The first-order valence-electron chi connectivity index (χ1n) is 6.72. The molecule has 2 aromatic rings. The van der Waals surface area contributed by atoms with E-state index in [0.29, 0.717) is 6.54 Å². The third-order valence-electron chi connectivity index (χ3n) is 2.83. The van der Waals surface area contributed by atoms with Crippen LogP contribution in [0.5, 0.6) is 0 Å². The second kappa shape index (κ2) is 7.30. The number of nitrogens with one attached hydrogen (secondary N) is 2. The zero-order valence-electron chi connectivity index (χ0n) is 12.2. The number of thiazole rings is 1. The Morgan fingerprint density at radius 1 is 1.50 bits per heavy atom. The molecule has 0 saturated carbocycles. The lowest BCUT2D eigenvalue weighted by Gasteiger charge is -2.10. The van der Waals surface area contributed by atoms with Gasteiger partial charge in [-0.05, 0) is 6.92 Å². The number of anilines is 1. The van der Waals surface area contributed by atoms with E-state index < -0.39 is 19.0 Å². The van der Waals surface area contributed by atoms with Gasteiger partial charge in [0.05, 0.1) is 5.01 Å². The van der Waals surface area contributed by atoms with E-state index in [2.05, 4.69) is 20.7 Å². The summed E-state index contributed by atoms with van der Waals surface area (Å²) in [6.45, 7) is 3.82. The molecule has 0 aromatic carbocycles. The minimum absolute atomic E-state index is 0.0980. The van der Waals surface area contributed by atoms with Crippen LogP contribution in [0.15, 0.2) is 17.6 Å². The highest BCUT2D eigenvalue weighted by Gasteiger charge is 2.12. The average molecular weight is 329 g/mol. The van der Waals surface area contributed by atoms with Gasteiger partial charge in [0, 0.05) is 35.8 Å². The van der Waals surface area contributed by atoms with Crippen molar-refractivity contribution in [2.24, 2.45) is 0 Å². The van der Waals surface area contributed by atoms with Crippen LogP contribution in [0.25, 0.3) is 0 Å². The fourth-order valence-corrected chi connectivity index (χ4v) is 2.62. The number of nitrogens with zero attached hydrogens (tertiary/aromatic N) is 3. The first kappa shape index (κ1) is 16.3. The molecular formula is C13H17F2N5OS. The molecule has 1 unspecified atom stereocenters. The molecule has 120 valence electrons. The number of carbonyl (C=O) groups is 1. The lowest BCUT2D eigenvalue weighted by Crippen LogP contribution is -2.32. The number of carbonyl (C=O) groups excluding carboxylic acids is 1. The predicted molar refractivity (Wildman–Crippen MR) is 80.5 cm³/mol. The first-order valence-corrected chi connectivity index (χ1v) is 7.60. The maximum Gasteiger partial charge on any atom is 0.320 e. The van der Waals surface area contributed by atoms with Crippen molar-refractivity contribution in [1.82, 2.24) is 20.1 Å². The van der Waals surface area contributed by atoms with Crippen molar-refractivity contribution < 1.29 is 13.6 Å². The molecule has 1 atom stereocenters. The van der Waals surface area contributed by atoms with Crippen LogP contribution in [0.3, 0.4) is 0 Å². The van der Waals surface area contributed by atoms with E-state index in [1.165, 1.54) is 12.3 Å². The molecular weight excluding hydrogens is 312 g/mol. The number of halogens is 2. The van der Waals surface area contributed by atoms with Gasteiger partial charge in [0.15, 0.2) is 5.82 Å². The Kier molecular flexibility index (Phi) is 5.42. The van der Waals surface area contributed by atoms with E-state index in [9.17, 15) is 13.6 Å². The minimum atomic E-state index is -2.48. The van der Waals surface area contributed by atoms with E-state index in [1.54, 1.807) is 11.3 Å². The summed E-state index contributed by atoms with van der Waals surface area (Å²) in [7, 11) is 0. The van der Waals surface area contributed by atoms with E-state index in [4.69, 9.17) is 0 Å². The molecule has 0 radical (unpaired) electrons. The van der Waals surface area contributed by atoms with Crippen molar-refractivity contribution >= 4 is 23.2 Å². The van der Waals surface area contributed by atoms with E-state index >= 15 is 0 Å². The largest absolute Gasteiger partial charge is 0.337 e. The number of alkyl halides is 2. The van der Waals surface area contributed by atoms with Gasteiger partial charge in [0.25, 0.3) is 6.43 Å². The Bertz CT molecular complexity index is 627. The Morgan fingerprint density at radius 2 is 2.27 bits per heavy atom. The molecule has 2 heterocycles. The van der Waals surface area contributed by atoms with Crippen LogP contribution in [0.2, 0.25) is 0 Å². The van der Waals surface area contributed by atoms with Crippen LogP contribution in [0, 0.1) is 6.92 Å². The summed E-state index contributed by atoms with van der Waals surface area (Å²) in [4.78, 5) is 16.1. The van der Waals surface area contributed by atoms with Gasteiger partial charge in [-0.1, -0.05) is 6.92 Å². The summed E-state index contributed by atoms with van der Waals surface area (Å²) in [6.07, 6.45) is -1.09. The average Bonchev–Trinajstić information content (AvgIpc) is 3.05. The molecule has 9 heteroatoms. The molecule has 22 heavy (non-hydrogen) atoms. The minimum Gasteiger partial charge on any atom is -0.337 e. The molecule has 6 nitrogen and oxygen atoms in total. The fourth-order valence-electron chi connectivity index (χ4n) is 1.76. The van der Waals surface area contributed by atoms with Crippen molar-refractivity contribution in [2.45, 2.75) is 32.7 Å². The quantitative estimate of drug-likeness (QED) is 0.856. The van der Waals surface area contributed by atoms with Gasteiger partial charge in [0.2, 0.25) is 0 Å². The van der Waals surface area contributed by atoms with Gasteiger partial charge in [-0.15, -0.1) is 11.3 Å². The maximum absolute atomic E-state index is 12.2. The number of hydrogen-bond acceptors (Lipinski definition) is 4.